The number of aromatic nitrogens is 2. The second kappa shape index (κ2) is 4.35. The van der Waals surface area contributed by atoms with Gasteiger partial charge in [-0.25, -0.2) is 0 Å². The smallest absolute Gasteiger partial charge is 0.134 e. The zero-order valence-electron chi connectivity index (χ0n) is 8.73. The first-order valence-corrected chi connectivity index (χ1v) is 5.51. The van der Waals surface area contributed by atoms with Gasteiger partial charge in [0, 0.05) is 13.1 Å². The molecule has 0 saturated heterocycles. The highest BCUT2D eigenvalue weighted by molar-refractivity contribution is 7.10. The van der Waals surface area contributed by atoms with Gasteiger partial charge in [-0.15, -0.1) is 11.3 Å². The molecule has 0 saturated carbocycles. The topological polar surface area (TPSA) is 39.1 Å². The summed E-state index contributed by atoms with van der Waals surface area (Å²) in [5, 5.41) is 9.41. The van der Waals surface area contributed by atoms with Crippen molar-refractivity contribution >= 4 is 17.2 Å². The fraction of sp³-hybridized carbons (Fsp3) is 0.300. The third-order valence-corrected chi connectivity index (χ3v) is 3.08. The van der Waals surface area contributed by atoms with Gasteiger partial charge in [-0.05, 0) is 11.4 Å². The molecule has 80 valence electrons. The number of rotatable bonds is 4. The SMILES string of the molecule is COc1ccsc1CNc1ccnn1C. The number of hydrogen-bond acceptors (Lipinski definition) is 4. The van der Waals surface area contributed by atoms with Crippen LogP contribution in [-0.2, 0) is 13.6 Å². The lowest BCUT2D eigenvalue weighted by Gasteiger charge is -2.06. The van der Waals surface area contributed by atoms with Crippen LogP contribution in [0.2, 0.25) is 0 Å². The minimum atomic E-state index is 0.764. The van der Waals surface area contributed by atoms with Crippen molar-refractivity contribution in [2.45, 2.75) is 6.54 Å². The van der Waals surface area contributed by atoms with Crippen molar-refractivity contribution in [1.29, 1.82) is 0 Å². The molecule has 0 aliphatic heterocycles. The summed E-state index contributed by atoms with van der Waals surface area (Å²) in [4.78, 5) is 1.19. The molecule has 0 aromatic carbocycles. The average molecular weight is 223 g/mol. The summed E-state index contributed by atoms with van der Waals surface area (Å²) in [6.07, 6.45) is 1.77. The Hall–Kier alpha value is -1.49. The third-order valence-electron chi connectivity index (χ3n) is 2.18. The standard InChI is InChI=1S/C10H13N3OS/c1-13-10(3-5-12-13)11-7-9-8(14-2)4-6-15-9/h3-6,11H,7H2,1-2H3. The number of anilines is 1. The molecule has 5 heteroatoms. The molecule has 2 aromatic rings. The highest BCUT2D eigenvalue weighted by Gasteiger charge is 2.04. The normalized spacial score (nSPS) is 10.3. The molecule has 2 rings (SSSR count). The summed E-state index contributed by atoms with van der Waals surface area (Å²) >= 11 is 1.68. The predicted molar refractivity (Wildman–Crippen MR) is 61.4 cm³/mol. The van der Waals surface area contributed by atoms with Gasteiger partial charge in [0.15, 0.2) is 0 Å². The van der Waals surface area contributed by atoms with E-state index in [1.807, 2.05) is 24.6 Å². The summed E-state index contributed by atoms with van der Waals surface area (Å²) < 4.78 is 7.04. The summed E-state index contributed by atoms with van der Waals surface area (Å²) in [6.45, 7) is 0.764. The molecule has 0 amide bonds. The van der Waals surface area contributed by atoms with E-state index < -0.39 is 0 Å². The maximum absolute atomic E-state index is 5.23. The van der Waals surface area contributed by atoms with Gasteiger partial charge in [-0.2, -0.15) is 5.10 Å². The largest absolute Gasteiger partial charge is 0.496 e. The Morgan fingerprint density at radius 3 is 3.07 bits per heavy atom. The van der Waals surface area contributed by atoms with Crippen LogP contribution in [0.5, 0.6) is 5.75 Å². The van der Waals surface area contributed by atoms with Gasteiger partial charge in [-0.1, -0.05) is 0 Å². The van der Waals surface area contributed by atoms with Crippen molar-refractivity contribution < 1.29 is 4.74 Å². The molecule has 0 bridgehead atoms. The number of aryl methyl sites for hydroxylation is 1. The molecule has 0 atom stereocenters. The van der Waals surface area contributed by atoms with Gasteiger partial charge < -0.3 is 10.1 Å². The molecular weight excluding hydrogens is 210 g/mol. The zero-order valence-corrected chi connectivity index (χ0v) is 9.54. The van der Waals surface area contributed by atoms with Gasteiger partial charge in [0.1, 0.15) is 11.6 Å². The van der Waals surface area contributed by atoms with E-state index in [1.54, 1.807) is 29.3 Å². The fourth-order valence-corrected chi connectivity index (χ4v) is 2.14. The number of thiophene rings is 1. The van der Waals surface area contributed by atoms with E-state index in [1.165, 1.54) is 4.88 Å². The first-order valence-electron chi connectivity index (χ1n) is 4.63. The Kier molecular flexibility index (Phi) is 2.91. The Morgan fingerprint density at radius 1 is 1.53 bits per heavy atom. The maximum Gasteiger partial charge on any atom is 0.134 e. The molecular formula is C10H13N3OS. The van der Waals surface area contributed by atoms with Crippen LogP contribution in [0, 0.1) is 0 Å². The van der Waals surface area contributed by atoms with E-state index in [4.69, 9.17) is 4.74 Å². The van der Waals surface area contributed by atoms with Crippen molar-refractivity contribution in [2.24, 2.45) is 7.05 Å². The number of ether oxygens (including phenoxy) is 1. The molecule has 0 unspecified atom stereocenters. The lowest BCUT2D eigenvalue weighted by molar-refractivity contribution is 0.413. The number of nitrogens with one attached hydrogen (secondary N) is 1. The van der Waals surface area contributed by atoms with E-state index in [0.717, 1.165) is 18.1 Å². The van der Waals surface area contributed by atoms with Crippen LogP contribution in [0.4, 0.5) is 5.82 Å². The van der Waals surface area contributed by atoms with E-state index in [9.17, 15) is 0 Å². The maximum atomic E-state index is 5.23. The fourth-order valence-electron chi connectivity index (χ4n) is 1.36. The summed E-state index contributed by atoms with van der Waals surface area (Å²) in [7, 11) is 3.60. The molecule has 0 fully saturated rings. The van der Waals surface area contributed by atoms with Crippen LogP contribution in [-0.4, -0.2) is 16.9 Å². The van der Waals surface area contributed by atoms with Crippen molar-refractivity contribution in [3.63, 3.8) is 0 Å². The van der Waals surface area contributed by atoms with Gasteiger partial charge in [-0.3, -0.25) is 4.68 Å². The summed E-state index contributed by atoms with van der Waals surface area (Å²) in [5.41, 5.74) is 0. The number of methoxy groups -OCH3 is 1. The average Bonchev–Trinajstić information content (AvgIpc) is 2.83. The van der Waals surface area contributed by atoms with Gasteiger partial charge in [0.2, 0.25) is 0 Å². The Bertz CT molecular complexity index is 435. The van der Waals surface area contributed by atoms with E-state index in [2.05, 4.69) is 10.4 Å². The second-order valence-corrected chi connectivity index (χ2v) is 4.11. The van der Waals surface area contributed by atoms with Crippen molar-refractivity contribution in [1.82, 2.24) is 9.78 Å². The zero-order chi connectivity index (χ0) is 10.7. The molecule has 1 N–H and O–H groups in total. The highest BCUT2D eigenvalue weighted by Crippen LogP contribution is 2.25. The van der Waals surface area contributed by atoms with Crippen LogP contribution in [0.25, 0.3) is 0 Å². The molecule has 4 nitrogen and oxygen atoms in total. The minimum absolute atomic E-state index is 0.764. The van der Waals surface area contributed by atoms with Crippen LogP contribution in [0.15, 0.2) is 23.7 Å². The lowest BCUT2D eigenvalue weighted by atomic mass is 10.4. The first-order chi connectivity index (χ1) is 7.31. The lowest BCUT2D eigenvalue weighted by Crippen LogP contribution is -2.04. The van der Waals surface area contributed by atoms with Crippen LogP contribution < -0.4 is 10.1 Å². The Labute approximate surface area is 92.5 Å². The monoisotopic (exact) mass is 223 g/mol. The molecule has 15 heavy (non-hydrogen) atoms. The minimum Gasteiger partial charge on any atom is -0.496 e. The Balaban J connectivity index is 2.02. The van der Waals surface area contributed by atoms with Crippen LogP contribution >= 0.6 is 11.3 Å². The van der Waals surface area contributed by atoms with Crippen LogP contribution in [0.3, 0.4) is 0 Å². The highest BCUT2D eigenvalue weighted by atomic mass is 32.1. The molecule has 0 aliphatic carbocycles. The number of hydrogen-bond donors (Lipinski definition) is 1. The predicted octanol–water partition coefficient (Wildman–Crippen LogP) is 2.10. The molecule has 0 radical (unpaired) electrons. The van der Waals surface area contributed by atoms with E-state index in [0.29, 0.717) is 0 Å². The van der Waals surface area contributed by atoms with Crippen LogP contribution in [0.1, 0.15) is 4.88 Å². The van der Waals surface area contributed by atoms with Gasteiger partial charge >= 0.3 is 0 Å². The third kappa shape index (κ3) is 2.12. The summed E-state index contributed by atoms with van der Waals surface area (Å²) in [5.74, 6) is 1.94. The molecule has 0 aliphatic rings. The van der Waals surface area contributed by atoms with E-state index >= 15 is 0 Å². The van der Waals surface area contributed by atoms with E-state index in [-0.39, 0.29) is 0 Å². The van der Waals surface area contributed by atoms with Crippen molar-refractivity contribution in [3.8, 4) is 5.75 Å². The molecule has 0 spiro atoms. The molecule has 2 heterocycles. The summed E-state index contributed by atoms with van der Waals surface area (Å²) in [6, 6.07) is 3.92. The van der Waals surface area contributed by atoms with Crippen molar-refractivity contribution in [3.05, 3.63) is 28.6 Å². The quantitative estimate of drug-likeness (QED) is 0.862. The Morgan fingerprint density at radius 2 is 2.40 bits per heavy atom. The second-order valence-electron chi connectivity index (χ2n) is 3.11. The first kappa shape index (κ1) is 10.0. The van der Waals surface area contributed by atoms with Crippen molar-refractivity contribution in [2.75, 3.05) is 12.4 Å². The number of nitrogens with zero attached hydrogens (tertiary/aromatic N) is 2. The van der Waals surface area contributed by atoms with Gasteiger partial charge in [0.05, 0.1) is 24.7 Å². The van der Waals surface area contributed by atoms with Gasteiger partial charge in [0.25, 0.3) is 0 Å². The molecule has 2 aromatic heterocycles.